The molecule has 0 saturated heterocycles. The molecule has 0 aliphatic heterocycles. The number of carbonyl (C=O) groups is 1. The molecule has 17 heavy (non-hydrogen) atoms. The monoisotopic (exact) mass is 241 g/mol. The van der Waals surface area contributed by atoms with E-state index in [2.05, 4.69) is 33.0 Å². The summed E-state index contributed by atoms with van der Waals surface area (Å²) in [5, 5.41) is 3.08. The van der Waals surface area contributed by atoms with Crippen molar-refractivity contribution in [3.05, 3.63) is 0 Å². The fourth-order valence-electron chi connectivity index (χ4n) is 2.46. The van der Waals surface area contributed by atoms with E-state index in [-0.39, 0.29) is 17.0 Å². The Kier molecular flexibility index (Phi) is 4.84. The minimum atomic E-state index is -0.254. The summed E-state index contributed by atoms with van der Waals surface area (Å²) in [7, 11) is 0. The number of hydrogen-bond acceptors (Lipinski definition) is 2. The first-order valence-electron chi connectivity index (χ1n) is 6.86. The van der Waals surface area contributed by atoms with Gasteiger partial charge in [0.2, 0.25) is 0 Å². The molecule has 1 unspecified atom stereocenters. The summed E-state index contributed by atoms with van der Waals surface area (Å²) in [6, 6.07) is 0. The van der Waals surface area contributed by atoms with Crippen molar-refractivity contribution in [1.29, 1.82) is 0 Å². The van der Waals surface area contributed by atoms with Gasteiger partial charge in [0, 0.05) is 5.54 Å². The van der Waals surface area contributed by atoms with Gasteiger partial charge in [0.15, 0.2) is 0 Å². The van der Waals surface area contributed by atoms with E-state index < -0.39 is 0 Å². The van der Waals surface area contributed by atoms with Crippen LogP contribution in [0.1, 0.15) is 66.2 Å². The quantitative estimate of drug-likeness (QED) is 0.759. The lowest BCUT2D eigenvalue weighted by Crippen LogP contribution is -2.57. The Bertz CT molecular complexity index is 263. The molecule has 100 valence electrons. The second-order valence-electron chi connectivity index (χ2n) is 6.04. The van der Waals surface area contributed by atoms with Gasteiger partial charge in [-0.2, -0.15) is 0 Å². The number of amides is 1. The van der Waals surface area contributed by atoms with Gasteiger partial charge in [-0.15, -0.1) is 0 Å². The Morgan fingerprint density at radius 3 is 2.47 bits per heavy atom. The van der Waals surface area contributed by atoms with Crippen molar-refractivity contribution >= 4 is 6.09 Å². The third kappa shape index (κ3) is 3.62. The maximum atomic E-state index is 11.7. The van der Waals surface area contributed by atoms with E-state index in [1.165, 1.54) is 19.3 Å². The summed E-state index contributed by atoms with van der Waals surface area (Å²) in [4.78, 5) is 11.7. The van der Waals surface area contributed by atoms with Crippen LogP contribution in [0.2, 0.25) is 0 Å². The van der Waals surface area contributed by atoms with Gasteiger partial charge in [-0.1, -0.05) is 40.0 Å². The third-order valence-electron chi connectivity index (χ3n) is 4.33. The van der Waals surface area contributed by atoms with E-state index in [9.17, 15) is 4.79 Å². The first-order valence-corrected chi connectivity index (χ1v) is 6.86. The maximum Gasteiger partial charge on any atom is 0.407 e. The summed E-state index contributed by atoms with van der Waals surface area (Å²) in [6.07, 6.45) is 6.39. The largest absolute Gasteiger partial charge is 0.450 e. The molecule has 1 N–H and O–H groups in total. The molecule has 0 aromatic rings. The van der Waals surface area contributed by atoms with Gasteiger partial charge in [0.25, 0.3) is 0 Å². The summed E-state index contributed by atoms with van der Waals surface area (Å²) in [6.45, 7) is 9.23. The number of unbranched alkanes of at least 4 members (excludes halogenated alkanes) is 1. The molecular weight excluding hydrogens is 214 g/mol. The van der Waals surface area contributed by atoms with Gasteiger partial charge in [0.05, 0.1) is 6.61 Å². The third-order valence-corrected chi connectivity index (χ3v) is 4.33. The first-order chi connectivity index (χ1) is 7.91. The van der Waals surface area contributed by atoms with Crippen LogP contribution in [0, 0.1) is 5.41 Å². The first kappa shape index (κ1) is 14.3. The number of alkyl carbamates (subject to hydrolysis) is 1. The molecule has 1 rings (SSSR count). The molecule has 1 saturated carbocycles. The van der Waals surface area contributed by atoms with Gasteiger partial charge < -0.3 is 10.1 Å². The van der Waals surface area contributed by atoms with E-state index in [4.69, 9.17) is 4.74 Å². The average molecular weight is 241 g/mol. The molecule has 0 aromatic carbocycles. The van der Waals surface area contributed by atoms with E-state index in [1.54, 1.807) is 0 Å². The van der Waals surface area contributed by atoms with Crippen molar-refractivity contribution in [3.8, 4) is 0 Å². The van der Waals surface area contributed by atoms with Crippen molar-refractivity contribution < 1.29 is 9.53 Å². The minimum absolute atomic E-state index is 0.130. The zero-order valence-corrected chi connectivity index (χ0v) is 11.8. The summed E-state index contributed by atoms with van der Waals surface area (Å²) in [5.74, 6) is 0. The summed E-state index contributed by atoms with van der Waals surface area (Å²) in [5.41, 5.74) is 0.0174. The van der Waals surface area contributed by atoms with Crippen LogP contribution < -0.4 is 5.32 Å². The van der Waals surface area contributed by atoms with Crippen LogP contribution in [0.15, 0.2) is 0 Å². The summed E-state index contributed by atoms with van der Waals surface area (Å²) >= 11 is 0. The molecule has 0 radical (unpaired) electrons. The van der Waals surface area contributed by atoms with Crippen molar-refractivity contribution in [2.45, 2.75) is 71.8 Å². The SMILES string of the molecule is CCCCOC(=O)NC1(C)CCCCC1(C)C. The van der Waals surface area contributed by atoms with Gasteiger partial charge >= 0.3 is 6.09 Å². The number of hydrogen-bond donors (Lipinski definition) is 1. The van der Waals surface area contributed by atoms with Crippen LogP contribution in [0.25, 0.3) is 0 Å². The lowest BCUT2D eigenvalue weighted by Gasteiger charge is -2.48. The van der Waals surface area contributed by atoms with Gasteiger partial charge in [-0.05, 0) is 31.6 Å². The second-order valence-corrected chi connectivity index (χ2v) is 6.04. The van der Waals surface area contributed by atoms with E-state index in [0.29, 0.717) is 6.61 Å². The molecule has 1 aliphatic carbocycles. The zero-order valence-electron chi connectivity index (χ0n) is 11.8. The minimum Gasteiger partial charge on any atom is -0.450 e. The van der Waals surface area contributed by atoms with Crippen LogP contribution in [0.3, 0.4) is 0 Å². The molecule has 3 heteroatoms. The van der Waals surface area contributed by atoms with E-state index in [1.807, 2.05) is 0 Å². The Balaban J connectivity index is 2.49. The lowest BCUT2D eigenvalue weighted by atomic mass is 9.64. The normalized spacial score (nSPS) is 27.5. The molecule has 0 aromatic heterocycles. The highest BCUT2D eigenvalue weighted by Gasteiger charge is 2.44. The Morgan fingerprint density at radius 1 is 1.24 bits per heavy atom. The van der Waals surface area contributed by atoms with Crippen LogP contribution in [0.5, 0.6) is 0 Å². The molecule has 1 amide bonds. The maximum absolute atomic E-state index is 11.7. The highest BCUT2D eigenvalue weighted by molar-refractivity contribution is 5.68. The number of nitrogens with one attached hydrogen (secondary N) is 1. The lowest BCUT2D eigenvalue weighted by molar-refractivity contribution is 0.0634. The Labute approximate surface area is 105 Å². The molecule has 1 aliphatic rings. The van der Waals surface area contributed by atoms with Crippen LogP contribution in [0.4, 0.5) is 4.79 Å². The highest BCUT2D eigenvalue weighted by Crippen LogP contribution is 2.43. The van der Waals surface area contributed by atoms with Crippen molar-refractivity contribution in [3.63, 3.8) is 0 Å². The standard InChI is InChI=1S/C14H27NO2/c1-5-6-11-17-12(16)15-14(4)10-8-7-9-13(14,2)3/h5-11H2,1-4H3,(H,15,16). The van der Waals surface area contributed by atoms with E-state index >= 15 is 0 Å². The smallest absolute Gasteiger partial charge is 0.407 e. The van der Waals surface area contributed by atoms with Crippen LogP contribution >= 0.6 is 0 Å². The van der Waals surface area contributed by atoms with Crippen molar-refractivity contribution in [2.75, 3.05) is 6.61 Å². The number of carbonyl (C=O) groups excluding carboxylic acids is 1. The zero-order chi connectivity index (χ0) is 12.9. The summed E-state index contributed by atoms with van der Waals surface area (Å²) < 4.78 is 5.19. The molecular formula is C14H27NO2. The molecule has 3 nitrogen and oxygen atoms in total. The predicted octanol–water partition coefficient (Wildman–Crippen LogP) is 3.87. The van der Waals surface area contributed by atoms with Gasteiger partial charge in [0.1, 0.15) is 0 Å². The van der Waals surface area contributed by atoms with Gasteiger partial charge in [-0.3, -0.25) is 0 Å². The molecule has 1 fully saturated rings. The molecule has 0 bridgehead atoms. The number of rotatable bonds is 4. The predicted molar refractivity (Wildman–Crippen MR) is 70.0 cm³/mol. The van der Waals surface area contributed by atoms with Gasteiger partial charge in [-0.25, -0.2) is 4.79 Å². The average Bonchev–Trinajstić information content (AvgIpc) is 2.23. The Morgan fingerprint density at radius 2 is 1.88 bits per heavy atom. The van der Waals surface area contributed by atoms with Crippen molar-refractivity contribution in [1.82, 2.24) is 5.32 Å². The Hall–Kier alpha value is -0.730. The van der Waals surface area contributed by atoms with E-state index in [0.717, 1.165) is 19.3 Å². The fourth-order valence-corrected chi connectivity index (χ4v) is 2.46. The second kappa shape index (κ2) is 5.74. The molecule has 0 heterocycles. The van der Waals surface area contributed by atoms with Crippen LogP contribution in [-0.2, 0) is 4.74 Å². The number of ether oxygens (including phenoxy) is 1. The molecule has 0 spiro atoms. The van der Waals surface area contributed by atoms with Crippen molar-refractivity contribution in [2.24, 2.45) is 5.41 Å². The topological polar surface area (TPSA) is 38.3 Å². The fraction of sp³-hybridized carbons (Fsp3) is 0.929. The molecule has 1 atom stereocenters. The highest BCUT2D eigenvalue weighted by atomic mass is 16.5. The van der Waals surface area contributed by atoms with Crippen LogP contribution in [-0.4, -0.2) is 18.2 Å².